The molecule has 0 unspecified atom stereocenters. The van der Waals surface area contributed by atoms with Gasteiger partial charge in [-0.1, -0.05) is 29.3 Å². The molecule has 0 aliphatic carbocycles. The van der Waals surface area contributed by atoms with E-state index in [1.54, 1.807) is 18.2 Å². The lowest BCUT2D eigenvalue weighted by molar-refractivity contribution is -0.109. The zero-order valence-corrected chi connectivity index (χ0v) is 8.22. The number of carbonyl (C=O) groups excluding carboxylic acids is 1. The van der Waals surface area contributed by atoms with E-state index < -0.39 is 6.10 Å². The molecule has 1 atom stereocenters. The van der Waals surface area contributed by atoms with Crippen LogP contribution in [0.5, 0.6) is 0 Å². The quantitative estimate of drug-likeness (QED) is 0.793. The van der Waals surface area contributed by atoms with Gasteiger partial charge in [-0.25, -0.2) is 0 Å². The smallest absolute Gasteiger partial charge is 0.122 e. The number of hydrogen-bond donors (Lipinski definition) is 1. The lowest BCUT2D eigenvalue weighted by Crippen LogP contribution is -1.97. The van der Waals surface area contributed by atoms with Crippen molar-refractivity contribution in [3.05, 3.63) is 33.8 Å². The molecule has 0 spiro atoms. The monoisotopic (exact) mass is 218 g/mol. The molecule has 1 N–H and O–H groups in total. The van der Waals surface area contributed by atoms with Crippen LogP contribution in [0.15, 0.2) is 18.2 Å². The third kappa shape index (κ3) is 2.69. The summed E-state index contributed by atoms with van der Waals surface area (Å²) in [5.74, 6) is 0. The van der Waals surface area contributed by atoms with Crippen molar-refractivity contribution < 1.29 is 9.90 Å². The summed E-state index contributed by atoms with van der Waals surface area (Å²) >= 11 is 11.4. The van der Waals surface area contributed by atoms with Crippen LogP contribution in [0.3, 0.4) is 0 Å². The van der Waals surface area contributed by atoms with Gasteiger partial charge in [0.25, 0.3) is 0 Å². The first kappa shape index (κ1) is 10.5. The number of aldehydes is 1. The summed E-state index contributed by atoms with van der Waals surface area (Å²) in [6.07, 6.45) is -0.0715. The minimum atomic E-state index is -0.799. The number of aliphatic hydroxyl groups excluding tert-OH is 1. The molecule has 0 heterocycles. The summed E-state index contributed by atoms with van der Waals surface area (Å²) in [5, 5.41) is 10.2. The van der Waals surface area contributed by atoms with Crippen LogP contribution in [0.25, 0.3) is 0 Å². The van der Waals surface area contributed by atoms with Crippen LogP contribution >= 0.6 is 23.2 Å². The molecule has 2 nitrogen and oxygen atoms in total. The molecule has 4 heteroatoms. The van der Waals surface area contributed by atoms with Crippen LogP contribution in [0.1, 0.15) is 18.1 Å². The fraction of sp³-hybridized carbons (Fsp3) is 0.222. The molecule has 0 aromatic heterocycles. The first-order valence-corrected chi connectivity index (χ1v) is 4.47. The third-order valence-electron chi connectivity index (χ3n) is 1.65. The van der Waals surface area contributed by atoms with Gasteiger partial charge in [0.1, 0.15) is 6.29 Å². The van der Waals surface area contributed by atoms with E-state index in [4.69, 9.17) is 23.2 Å². The second-order valence-electron chi connectivity index (χ2n) is 2.59. The van der Waals surface area contributed by atoms with Crippen LogP contribution in [-0.4, -0.2) is 11.4 Å². The van der Waals surface area contributed by atoms with Gasteiger partial charge in [0, 0.05) is 6.42 Å². The Morgan fingerprint density at radius 3 is 2.62 bits per heavy atom. The molecule has 1 aromatic rings. The molecule has 70 valence electrons. The molecular formula is C9H8Cl2O2. The Bertz CT molecular complexity index is 312. The van der Waals surface area contributed by atoms with Crippen molar-refractivity contribution in [3.8, 4) is 0 Å². The largest absolute Gasteiger partial charge is 0.388 e. The van der Waals surface area contributed by atoms with E-state index >= 15 is 0 Å². The fourth-order valence-corrected chi connectivity index (χ4v) is 1.25. The Morgan fingerprint density at radius 1 is 1.38 bits per heavy atom. The Hall–Kier alpha value is -0.570. The summed E-state index contributed by atoms with van der Waals surface area (Å²) in [5.41, 5.74) is 0.599. The van der Waals surface area contributed by atoms with Gasteiger partial charge in [-0.05, 0) is 17.7 Å². The van der Waals surface area contributed by atoms with Crippen molar-refractivity contribution in [2.45, 2.75) is 12.5 Å². The molecule has 0 radical (unpaired) electrons. The molecule has 0 bridgehead atoms. The summed E-state index contributed by atoms with van der Waals surface area (Å²) in [4.78, 5) is 10.1. The second kappa shape index (κ2) is 4.61. The molecule has 0 amide bonds. The molecule has 0 saturated heterocycles. The SMILES string of the molecule is O=CC[C@@H](O)c1ccc(Cl)c(Cl)c1. The van der Waals surface area contributed by atoms with Gasteiger partial charge in [-0.15, -0.1) is 0 Å². The van der Waals surface area contributed by atoms with E-state index in [0.29, 0.717) is 21.9 Å². The van der Waals surface area contributed by atoms with E-state index in [-0.39, 0.29) is 6.42 Å². The van der Waals surface area contributed by atoms with E-state index in [9.17, 15) is 9.90 Å². The molecule has 0 fully saturated rings. The molecule has 1 rings (SSSR count). The van der Waals surface area contributed by atoms with Crippen molar-refractivity contribution in [2.24, 2.45) is 0 Å². The molecule has 1 aromatic carbocycles. The number of aliphatic hydroxyl groups is 1. The van der Waals surface area contributed by atoms with Gasteiger partial charge in [-0.3, -0.25) is 0 Å². The van der Waals surface area contributed by atoms with Gasteiger partial charge in [-0.2, -0.15) is 0 Å². The normalized spacial score (nSPS) is 12.5. The minimum Gasteiger partial charge on any atom is -0.388 e. The van der Waals surface area contributed by atoms with E-state index in [1.807, 2.05) is 0 Å². The fourth-order valence-electron chi connectivity index (χ4n) is 0.947. The molecule has 0 aliphatic heterocycles. The van der Waals surface area contributed by atoms with Gasteiger partial charge in [0.15, 0.2) is 0 Å². The van der Waals surface area contributed by atoms with Gasteiger partial charge in [0.05, 0.1) is 16.1 Å². The zero-order valence-electron chi connectivity index (χ0n) is 6.71. The third-order valence-corrected chi connectivity index (χ3v) is 2.39. The van der Waals surface area contributed by atoms with E-state index in [2.05, 4.69) is 0 Å². The maximum absolute atomic E-state index is 10.1. The predicted molar refractivity (Wildman–Crippen MR) is 52.1 cm³/mol. The average molecular weight is 219 g/mol. The van der Waals surface area contributed by atoms with Gasteiger partial charge in [0.2, 0.25) is 0 Å². The van der Waals surface area contributed by atoms with Crippen LogP contribution in [-0.2, 0) is 4.79 Å². The minimum absolute atomic E-state index is 0.0674. The summed E-state index contributed by atoms with van der Waals surface area (Å²) in [7, 11) is 0. The van der Waals surface area contributed by atoms with Crippen LogP contribution in [0.4, 0.5) is 0 Å². The Kier molecular flexibility index (Phi) is 3.72. The summed E-state index contributed by atoms with van der Waals surface area (Å²) in [6.45, 7) is 0. The van der Waals surface area contributed by atoms with Crippen LogP contribution in [0, 0.1) is 0 Å². The number of benzene rings is 1. The standard InChI is InChI=1S/C9H8Cl2O2/c10-7-2-1-6(5-8(7)11)9(13)3-4-12/h1-2,4-5,9,13H,3H2/t9-/m1/s1. The van der Waals surface area contributed by atoms with Crippen LogP contribution < -0.4 is 0 Å². The van der Waals surface area contributed by atoms with E-state index in [0.717, 1.165) is 0 Å². The maximum Gasteiger partial charge on any atom is 0.122 e. The average Bonchev–Trinajstić information content (AvgIpc) is 2.10. The zero-order chi connectivity index (χ0) is 9.84. The molecule has 13 heavy (non-hydrogen) atoms. The Labute approximate surface area is 86.1 Å². The summed E-state index contributed by atoms with van der Waals surface area (Å²) in [6, 6.07) is 4.79. The number of hydrogen-bond acceptors (Lipinski definition) is 2. The Morgan fingerprint density at radius 2 is 2.08 bits per heavy atom. The van der Waals surface area contributed by atoms with Gasteiger partial charge >= 0.3 is 0 Å². The van der Waals surface area contributed by atoms with Crippen molar-refractivity contribution in [1.29, 1.82) is 0 Å². The highest BCUT2D eigenvalue weighted by atomic mass is 35.5. The Balaban J connectivity index is 2.89. The highest BCUT2D eigenvalue weighted by molar-refractivity contribution is 6.42. The summed E-state index contributed by atoms with van der Waals surface area (Å²) < 4.78 is 0. The highest BCUT2D eigenvalue weighted by Crippen LogP contribution is 2.26. The molecule has 0 aliphatic rings. The lowest BCUT2D eigenvalue weighted by atomic mass is 10.1. The van der Waals surface area contributed by atoms with Crippen LogP contribution in [0.2, 0.25) is 10.0 Å². The van der Waals surface area contributed by atoms with Crippen molar-refractivity contribution >= 4 is 29.5 Å². The highest BCUT2D eigenvalue weighted by Gasteiger charge is 2.08. The van der Waals surface area contributed by atoms with E-state index in [1.165, 1.54) is 0 Å². The molecular weight excluding hydrogens is 211 g/mol. The first-order valence-electron chi connectivity index (χ1n) is 3.72. The topological polar surface area (TPSA) is 37.3 Å². The lowest BCUT2D eigenvalue weighted by Gasteiger charge is -2.07. The number of rotatable bonds is 3. The van der Waals surface area contributed by atoms with Crippen molar-refractivity contribution in [1.82, 2.24) is 0 Å². The predicted octanol–water partition coefficient (Wildman–Crippen LogP) is 2.62. The number of carbonyl (C=O) groups is 1. The number of halogens is 2. The van der Waals surface area contributed by atoms with Crippen molar-refractivity contribution in [2.75, 3.05) is 0 Å². The van der Waals surface area contributed by atoms with Gasteiger partial charge < -0.3 is 9.90 Å². The maximum atomic E-state index is 10.1. The van der Waals surface area contributed by atoms with Crippen molar-refractivity contribution in [3.63, 3.8) is 0 Å². The molecule has 0 saturated carbocycles. The second-order valence-corrected chi connectivity index (χ2v) is 3.41. The first-order chi connectivity index (χ1) is 6.15.